The highest BCUT2D eigenvalue weighted by Gasteiger charge is 2.51. The van der Waals surface area contributed by atoms with E-state index in [-0.39, 0.29) is 0 Å². The van der Waals surface area contributed by atoms with Gasteiger partial charge >= 0.3 is 0 Å². The molecule has 0 radical (unpaired) electrons. The van der Waals surface area contributed by atoms with Crippen LogP contribution in [0.5, 0.6) is 0 Å². The SMILES string of the molecule is Cn1c(-c2cccc(C(F)c3cccc(N4c5ccc6c(oc7ccccc76)c5[Si](c5ccccc5)(c5ccccc5)c5cccnc54)c3)c2)nc2ccccc21. The van der Waals surface area contributed by atoms with Gasteiger partial charge in [0.15, 0.2) is 14.2 Å². The fraction of sp³-hybridized carbons (Fsp3) is 0.0400. The molecule has 3 aromatic heterocycles. The number of anilines is 3. The van der Waals surface area contributed by atoms with E-state index in [1.165, 1.54) is 10.4 Å². The molecule has 7 heteroatoms. The van der Waals surface area contributed by atoms with Crippen molar-refractivity contribution in [3.8, 4) is 11.4 Å². The number of para-hydroxylation sites is 3. The molecule has 11 rings (SSSR count). The molecule has 57 heavy (non-hydrogen) atoms. The quantitative estimate of drug-likeness (QED) is 0.159. The Morgan fingerprint density at radius 3 is 2.12 bits per heavy atom. The van der Waals surface area contributed by atoms with Crippen LogP contribution >= 0.6 is 0 Å². The van der Waals surface area contributed by atoms with E-state index in [4.69, 9.17) is 14.4 Å². The minimum atomic E-state index is -3.10. The lowest BCUT2D eigenvalue weighted by Gasteiger charge is -2.44. The van der Waals surface area contributed by atoms with E-state index in [0.717, 1.165) is 71.9 Å². The molecular weight excluding hydrogens is 720 g/mol. The number of hydrogen-bond donors (Lipinski definition) is 0. The number of furan rings is 1. The lowest BCUT2D eigenvalue weighted by atomic mass is 9.99. The minimum absolute atomic E-state index is 0.554. The zero-order valence-corrected chi connectivity index (χ0v) is 32.1. The molecule has 0 amide bonds. The number of rotatable bonds is 6. The number of nitrogens with zero attached hydrogens (tertiary/aromatic N) is 4. The zero-order valence-electron chi connectivity index (χ0n) is 31.1. The van der Waals surface area contributed by atoms with Crippen LogP contribution in [0.2, 0.25) is 0 Å². The lowest BCUT2D eigenvalue weighted by Crippen LogP contribution is -2.77. The summed E-state index contributed by atoms with van der Waals surface area (Å²) in [6.07, 6.45) is 0.479. The van der Waals surface area contributed by atoms with E-state index in [1.54, 1.807) is 0 Å². The number of alkyl halides is 1. The van der Waals surface area contributed by atoms with Gasteiger partial charge < -0.3 is 8.98 Å². The summed E-state index contributed by atoms with van der Waals surface area (Å²) in [6.45, 7) is 0. The van der Waals surface area contributed by atoms with Gasteiger partial charge in [-0.25, -0.2) is 14.4 Å². The number of pyridine rings is 1. The molecule has 0 saturated carbocycles. The number of imidazole rings is 1. The van der Waals surface area contributed by atoms with E-state index in [2.05, 4.69) is 113 Å². The third-order valence-electron chi connectivity index (χ3n) is 11.6. The van der Waals surface area contributed by atoms with Crippen molar-refractivity contribution < 1.29 is 8.81 Å². The van der Waals surface area contributed by atoms with Crippen LogP contribution in [0.1, 0.15) is 17.3 Å². The molecule has 7 aromatic carbocycles. The second-order valence-corrected chi connectivity index (χ2v) is 18.4. The van der Waals surface area contributed by atoms with Gasteiger partial charge in [-0.05, 0) is 81.3 Å². The van der Waals surface area contributed by atoms with Crippen LogP contribution in [0, 0.1) is 0 Å². The van der Waals surface area contributed by atoms with E-state index in [0.29, 0.717) is 11.1 Å². The van der Waals surface area contributed by atoms with Gasteiger partial charge in [0.2, 0.25) is 0 Å². The van der Waals surface area contributed by atoms with Crippen molar-refractivity contribution in [2.75, 3.05) is 4.90 Å². The van der Waals surface area contributed by atoms with Gasteiger partial charge in [0.1, 0.15) is 22.8 Å². The average molecular weight is 755 g/mol. The van der Waals surface area contributed by atoms with Crippen LogP contribution in [0.15, 0.2) is 193 Å². The highest BCUT2D eigenvalue weighted by atomic mass is 28.3. The molecule has 272 valence electrons. The summed E-state index contributed by atoms with van der Waals surface area (Å²) >= 11 is 0. The summed E-state index contributed by atoms with van der Waals surface area (Å²) < 4.78 is 26.1. The Hall–Kier alpha value is -7.09. The van der Waals surface area contributed by atoms with E-state index < -0.39 is 14.2 Å². The molecule has 0 spiro atoms. The number of aromatic nitrogens is 3. The standard InChI is InChI=1S/C50H35FN4OSi/c1-54-42-25-10-9-24-41(42)53-49(54)35-17-12-15-33(31-35)46(51)34-16-13-18-36(32-34)55-43-29-28-40-39-23-8-11-26-44(39)56-47(40)48(43)57(37-19-4-2-5-20-37,38-21-6-3-7-22-38)45-27-14-30-52-50(45)55/h2-32,46H,1H3. The van der Waals surface area contributed by atoms with Crippen LogP contribution in [-0.2, 0) is 7.05 Å². The Morgan fingerprint density at radius 2 is 1.33 bits per heavy atom. The maximum atomic E-state index is 17.0. The summed E-state index contributed by atoms with van der Waals surface area (Å²) in [7, 11) is -1.10. The first-order chi connectivity index (χ1) is 28.1. The topological polar surface area (TPSA) is 47.1 Å². The summed E-state index contributed by atoms with van der Waals surface area (Å²) in [4.78, 5) is 12.3. The summed E-state index contributed by atoms with van der Waals surface area (Å²) in [5.41, 5.74) is 7.44. The van der Waals surface area contributed by atoms with E-state index in [9.17, 15) is 0 Å². The number of aryl methyl sites for hydroxylation is 1. The lowest BCUT2D eigenvalue weighted by molar-refractivity contribution is 0.402. The molecule has 0 bridgehead atoms. The molecule has 0 fully saturated rings. The van der Waals surface area contributed by atoms with Gasteiger partial charge in [0.05, 0.1) is 16.7 Å². The predicted octanol–water partition coefficient (Wildman–Crippen LogP) is 9.75. The Bertz CT molecular complexity index is 3100. The Morgan fingerprint density at radius 1 is 0.632 bits per heavy atom. The van der Waals surface area contributed by atoms with E-state index >= 15 is 4.39 Å². The molecule has 0 saturated heterocycles. The van der Waals surface area contributed by atoms with Gasteiger partial charge in [-0.3, -0.25) is 4.90 Å². The maximum absolute atomic E-state index is 17.0. The van der Waals surface area contributed by atoms with Gasteiger partial charge in [0.25, 0.3) is 0 Å². The Labute approximate surface area is 330 Å². The summed E-state index contributed by atoms with van der Waals surface area (Å²) in [5.74, 6) is 1.63. The third-order valence-corrected chi connectivity index (χ3v) is 16.4. The fourth-order valence-electron chi connectivity index (χ4n) is 9.10. The van der Waals surface area contributed by atoms with Crippen molar-refractivity contribution in [3.05, 3.63) is 199 Å². The first-order valence-electron chi connectivity index (χ1n) is 19.2. The van der Waals surface area contributed by atoms with Crippen molar-refractivity contribution in [2.45, 2.75) is 6.17 Å². The summed E-state index contributed by atoms with van der Waals surface area (Å²) in [6, 6.07) is 62.2. The molecular formula is C50H35FN4OSi. The zero-order chi connectivity index (χ0) is 38.1. The van der Waals surface area contributed by atoms with E-state index in [1.807, 2.05) is 92.1 Å². The molecule has 0 N–H and O–H groups in total. The monoisotopic (exact) mass is 754 g/mol. The minimum Gasteiger partial charge on any atom is -0.456 e. The molecule has 4 heterocycles. The second-order valence-electron chi connectivity index (χ2n) is 14.7. The van der Waals surface area contributed by atoms with Gasteiger partial charge in [-0.1, -0.05) is 127 Å². The normalized spacial score (nSPS) is 13.8. The van der Waals surface area contributed by atoms with Gasteiger partial charge in [-0.2, -0.15) is 0 Å². The first kappa shape index (κ1) is 33.3. The average Bonchev–Trinajstić information content (AvgIpc) is 3.83. The van der Waals surface area contributed by atoms with Crippen molar-refractivity contribution >= 4 is 79.0 Å². The highest BCUT2D eigenvalue weighted by Crippen LogP contribution is 2.42. The molecule has 1 unspecified atom stereocenters. The van der Waals surface area contributed by atoms with Crippen molar-refractivity contribution in [2.24, 2.45) is 7.05 Å². The molecule has 5 nitrogen and oxygen atoms in total. The van der Waals surface area contributed by atoms with Crippen LogP contribution in [0.25, 0.3) is 44.4 Å². The second kappa shape index (κ2) is 13.0. The smallest absolute Gasteiger partial charge is 0.191 e. The van der Waals surface area contributed by atoms with Crippen LogP contribution in [-0.4, -0.2) is 22.6 Å². The van der Waals surface area contributed by atoms with Gasteiger partial charge in [-0.15, -0.1) is 0 Å². The van der Waals surface area contributed by atoms with Crippen molar-refractivity contribution in [3.63, 3.8) is 0 Å². The van der Waals surface area contributed by atoms with Gasteiger partial charge in [0, 0.05) is 40.5 Å². The van der Waals surface area contributed by atoms with Crippen molar-refractivity contribution in [1.82, 2.24) is 14.5 Å². The molecule has 1 aliphatic heterocycles. The summed E-state index contributed by atoms with van der Waals surface area (Å²) in [5, 5.41) is 6.89. The van der Waals surface area contributed by atoms with Crippen LogP contribution in [0.3, 0.4) is 0 Å². The van der Waals surface area contributed by atoms with Crippen molar-refractivity contribution in [1.29, 1.82) is 0 Å². The Balaban J connectivity index is 1.13. The highest BCUT2D eigenvalue weighted by molar-refractivity contribution is 7.22. The molecule has 0 aliphatic carbocycles. The van der Waals surface area contributed by atoms with Crippen LogP contribution in [0.4, 0.5) is 21.6 Å². The third kappa shape index (κ3) is 4.99. The molecule has 10 aromatic rings. The first-order valence-corrected chi connectivity index (χ1v) is 21.2. The molecule has 1 aliphatic rings. The molecule has 1 atom stereocenters. The maximum Gasteiger partial charge on any atom is 0.191 e. The predicted molar refractivity (Wildman–Crippen MR) is 232 cm³/mol. The number of hydrogen-bond acceptors (Lipinski definition) is 4. The number of fused-ring (bicyclic) bond motifs is 7. The number of benzene rings is 7. The Kier molecular flexibility index (Phi) is 7.59. The van der Waals surface area contributed by atoms with Crippen LogP contribution < -0.4 is 25.6 Å². The fourth-order valence-corrected chi connectivity index (χ4v) is 14.3. The largest absolute Gasteiger partial charge is 0.456 e. The number of halogens is 1.